The quantitative estimate of drug-likeness (QED) is 0.737. The van der Waals surface area contributed by atoms with Gasteiger partial charge in [-0.05, 0) is 31.3 Å². The Balaban J connectivity index is 1.44. The van der Waals surface area contributed by atoms with Gasteiger partial charge in [-0.1, -0.05) is 18.2 Å². The van der Waals surface area contributed by atoms with Gasteiger partial charge in [0.05, 0.1) is 10.7 Å². The smallest absolute Gasteiger partial charge is 0.0736 e. The molecule has 0 amide bonds. The lowest BCUT2D eigenvalue weighted by Gasteiger charge is -2.34. The first-order valence-corrected chi connectivity index (χ1v) is 9.35. The molecule has 0 radical (unpaired) electrons. The molecule has 3 aromatic rings. The Kier molecular flexibility index (Phi) is 4.45. The zero-order valence-electron chi connectivity index (χ0n) is 13.9. The summed E-state index contributed by atoms with van der Waals surface area (Å²) in [4.78, 5) is 12.9. The van der Waals surface area contributed by atoms with E-state index in [9.17, 15) is 0 Å². The maximum Gasteiger partial charge on any atom is 0.0736 e. The summed E-state index contributed by atoms with van der Waals surface area (Å²) in [5, 5.41) is 2.46. The van der Waals surface area contributed by atoms with Gasteiger partial charge in [0.25, 0.3) is 0 Å². The van der Waals surface area contributed by atoms with Crippen LogP contribution in [-0.4, -0.2) is 48.1 Å². The summed E-state index contributed by atoms with van der Waals surface area (Å²) in [6.45, 7) is 4.44. The molecule has 1 aliphatic heterocycles. The lowest BCUT2D eigenvalue weighted by molar-refractivity contribution is 0.313. The van der Waals surface area contributed by atoms with Gasteiger partial charge in [-0.25, -0.2) is 0 Å². The van der Waals surface area contributed by atoms with Gasteiger partial charge in [0.15, 0.2) is 0 Å². The van der Waals surface area contributed by atoms with Crippen molar-refractivity contribution >= 4 is 28.4 Å². The van der Waals surface area contributed by atoms with Crippen LogP contribution < -0.4 is 4.90 Å². The molecule has 2 aromatic heterocycles. The molecule has 1 fully saturated rings. The summed E-state index contributed by atoms with van der Waals surface area (Å²) in [5.41, 5.74) is 3.62. The fourth-order valence-electron chi connectivity index (χ4n) is 3.08. The third-order valence-electron chi connectivity index (χ3n) is 4.55. The summed E-state index contributed by atoms with van der Waals surface area (Å²) >= 11 is 1.81. The molecule has 0 aliphatic carbocycles. The zero-order valence-corrected chi connectivity index (χ0v) is 14.7. The molecule has 0 saturated carbocycles. The minimum atomic E-state index is 0.883. The predicted molar refractivity (Wildman–Crippen MR) is 102 cm³/mol. The summed E-state index contributed by atoms with van der Waals surface area (Å²) in [6.07, 6.45) is 1.94. The Morgan fingerprint density at radius 2 is 1.92 bits per heavy atom. The van der Waals surface area contributed by atoms with E-state index < -0.39 is 0 Å². The zero-order chi connectivity index (χ0) is 16.4. The number of para-hydroxylation sites is 1. The number of rotatable bonds is 4. The fraction of sp³-hybridized carbons (Fsp3) is 0.316. The maximum absolute atomic E-state index is 4.55. The van der Waals surface area contributed by atoms with Crippen LogP contribution in [0.15, 0.2) is 53.7 Å². The lowest BCUT2D eigenvalue weighted by atomic mass is 10.2. The van der Waals surface area contributed by atoms with Crippen LogP contribution in [0.2, 0.25) is 0 Å². The lowest BCUT2D eigenvalue weighted by Crippen LogP contribution is -2.44. The molecule has 124 valence electrons. The molecule has 4 nitrogen and oxygen atoms in total. The van der Waals surface area contributed by atoms with Crippen LogP contribution >= 0.6 is 11.8 Å². The van der Waals surface area contributed by atoms with E-state index in [4.69, 9.17) is 0 Å². The molecule has 0 atom stereocenters. The first-order valence-electron chi connectivity index (χ1n) is 8.37. The minimum absolute atomic E-state index is 0.883. The third kappa shape index (κ3) is 3.42. The number of nitrogens with zero attached hydrogens (tertiary/aromatic N) is 3. The molecule has 1 N–H and O–H groups in total. The number of thioether (sulfide) groups is 1. The standard InChI is InChI=1S/C19H22N4S/c1-22-8-10-23(11-9-22)17-6-7-20-16(13-17)14-24-19-12-15-4-2-3-5-18(15)21-19/h2-7,12-13,21H,8-11,14H2,1H3. The Morgan fingerprint density at radius 1 is 1.08 bits per heavy atom. The van der Waals surface area contributed by atoms with Crippen LogP contribution in [0.5, 0.6) is 0 Å². The number of aromatic amines is 1. The van der Waals surface area contributed by atoms with Crippen molar-refractivity contribution in [2.24, 2.45) is 0 Å². The molecule has 24 heavy (non-hydrogen) atoms. The van der Waals surface area contributed by atoms with Gasteiger partial charge >= 0.3 is 0 Å². The summed E-state index contributed by atoms with van der Waals surface area (Å²) in [5.74, 6) is 0.883. The number of nitrogens with one attached hydrogen (secondary N) is 1. The number of aromatic nitrogens is 2. The van der Waals surface area contributed by atoms with Gasteiger partial charge in [0, 0.05) is 54.7 Å². The number of piperazine rings is 1. The van der Waals surface area contributed by atoms with Crippen LogP contribution in [0.25, 0.3) is 10.9 Å². The highest BCUT2D eigenvalue weighted by molar-refractivity contribution is 7.98. The molecule has 1 aromatic carbocycles. The summed E-state index contributed by atoms with van der Waals surface area (Å²) < 4.78 is 0. The third-order valence-corrected chi connectivity index (χ3v) is 5.52. The Bertz CT molecular complexity index is 788. The predicted octanol–water partition coefficient (Wildman–Crippen LogP) is 3.61. The molecule has 1 saturated heterocycles. The first kappa shape index (κ1) is 15.5. The monoisotopic (exact) mass is 338 g/mol. The maximum atomic E-state index is 4.55. The van der Waals surface area contributed by atoms with E-state index in [2.05, 4.69) is 69.3 Å². The first-order chi connectivity index (χ1) is 11.8. The molecule has 1 aliphatic rings. The SMILES string of the molecule is CN1CCN(c2ccnc(CSc3cc4ccccc4[nH]3)c2)CC1. The highest BCUT2D eigenvalue weighted by Gasteiger charge is 2.14. The Morgan fingerprint density at radius 3 is 2.75 bits per heavy atom. The van der Waals surface area contributed by atoms with Crippen LogP contribution in [0.4, 0.5) is 5.69 Å². The second-order valence-electron chi connectivity index (χ2n) is 6.31. The van der Waals surface area contributed by atoms with E-state index in [-0.39, 0.29) is 0 Å². The van der Waals surface area contributed by atoms with Gasteiger partial charge < -0.3 is 14.8 Å². The van der Waals surface area contributed by atoms with E-state index in [0.29, 0.717) is 0 Å². The molecular weight excluding hydrogens is 316 g/mol. The highest BCUT2D eigenvalue weighted by atomic mass is 32.2. The second-order valence-corrected chi connectivity index (χ2v) is 7.32. The minimum Gasteiger partial charge on any atom is -0.369 e. The van der Waals surface area contributed by atoms with Gasteiger partial charge in [0.2, 0.25) is 0 Å². The molecule has 4 rings (SSSR count). The van der Waals surface area contributed by atoms with E-state index in [1.165, 1.54) is 21.6 Å². The molecule has 5 heteroatoms. The average Bonchev–Trinajstić information content (AvgIpc) is 3.04. The van der Waals surface area contributed by atoms with Crippen LogP contribution in [-0.2, 0) is 5.75 Å². The van der Waals surface area contributed by atoms with Crippen molar-refractivity contribution in [1.29, 1.82) is 0 Å². The van der Waals surface area contributed by atoms with Gasteiger partial charge in [0.1, 0.15) is 0 Å². The summed E-state index contributed by atoms with van der Waals surface area (Å²) in [6, 6.07) is 15.0. The number of anilines is 1. The fourth-order valence-corrected chi connectivity index (χ4v) is 3.94. The Labute approximate surface area is 146 Å². The average molecular weight is 338 g/mol. The van der Waals surface area contributed by atoms with E-state index in [1.807, 2.05) is 18.0 Å². The van der Waals surface area contributed by atoms with Crippen molar-refractivity contribution in [3.05, 3.63) is 54.4 Å². The topological polar surface area (TPSA) is 35.2 Å². The van der Waals surface area contributed by atoms with Gasteiger partial charge in [-0.2, -0.15) is 0 Å². The molecular formula is C19H22N4S. The van der Waals surface area contributed by atoms with Crippen molar-refractivity contribution < 1.29 is 0 Å². The number of pyridine rings is 1. The van der Waals surface area contributed by atoms with Crippen molar-refractivity contribution in [3.8, 4) is 0 Å². The van der Waals surface area contributed by atoms with Gasteiger partial charge in [-0.15, -0.1) is 11.8 Å². The summed E-state index contributed by atoms with van der Waals surface area (Å²) in [7, 11) is 2.19. The van der Waals surface area contributed by atoms with Crippen LogP contribution in [0, 0.1) is 0 Å². The number of likely N-dealkylation sites (N-methyl/N-ethyl adjacent to an activating group) is 1. The van der Waals surface area contributed by atoms with Crippen molar-refractivity contribution in [2.45, 2.75) is 10.8 Å². The number of hydrogen-bond donors (Lipinski definition) is 1. The van der Waals surface area contributed by atoms with Crippen LogP contribution in [0.3, 0.4) is 0 Å². The van der Waals surface area contributed by atoms with Crippen molar-refractivity contribution in [3.63, 3.8) is 0 Å². The largest absolute Gasteiger partial charge is 0.369 e. The molecule has 0 spiro atoms. The van der Waals surface area contributed by atoms with E-state index >= 15 is 0 Å². The van der Waals surface area contributed by atoms with E-state index in [1.54, 1.807) is 0 Å². The molecule has 3 heterocycles. The van der Waals surface area contributed by atoms with E-state index in [0.717, 1.165) is 37.6 Å². The number of hydrogen-bond acceptors (Lipinski definition) is 4. The number of H-pyrrole nitrogens is 1. The Hall–Kier alpha value is -1.98. The van der Waals surface area contributed by atoms with Crippen LogP contribution in [0.1, 0.15) is 5.69 Å². The number of fused-ring (bicyclic) bond motifs is 1. The molecule has 0 unspecified atom stereocenters. The number of benzene rings is 1. The molecule has 0 bridgehead atoms. The highest BCUT2D eigenvalue weighted by Crippen LogP contribution is 2.26. The second kappa shape index (κ2) is 6.87. The van der Waals surface area contributed by atoms with Gasteiger partial charge in [-0.3, -0.25) is 4.98 Å². The van der Waals surface area contributed by atoms with Crippen molar-refractivity contribution in [2.75, 3.05) is 38.1 Å². The normalized spacial score (nSPS) is 16.0. The van der Waals surface area contributed by atoms with Crippen molar-refractivity contribution in [1.82, 2.24) is 14.9 Å².